The molecule has 0 fully saturated rings. The Morgan fingerprint density at radius 2 is 1.54 bits per heavy atom. The van der Waals surface area contributed by atoms with Gasteiger partial charge in [-0.15, -0.1) is 21.5 Å². The number of thiazole rings is 1. The topological polar surface area (TPSA) is 129 Å². The maximum atomic E-state index is 13.1. The lowest BCUT2D eigenvalue weighted by Gasteiger charge is -2.19. The van der Waals surface area contributed by atoms with Gasteiger partial charge in [-0.3, -0.25) is 14.2 Å². The zero-order chi connectivity index (χ0) is 36.7. The minimum atomic E-state index is -0.199. The Morgan fingerprint density at radius 3 is 2.27 bits per heavy atom. The summed E-state index contributed by atoms with van der Waals surface area (Å²) in [7, 11) is 3.11. The molecule has 0 aliphatic heterocycles. The number of para-hydroxylation sites is 1. The highest BCUT2D eigenvalue weighted by Gasteiger charge is 2.18. The van der Waals surface area contributed by atoms with E-state index in [0.717, 1.165) is 26.0 Å². The molecule has 0 radical (unpaired) electrons. The highest BCUT2D eigenvalue weighted by Crippen LogP contribution is 2.33. The molecule has 2 N–H and O–H groups in total. The van der Waals surface area contributed by atoms with Crippen molar-refractivity contribution in [2.24, 2.45) is 0 Å². The van der Waals surface area contributed by atoms with E-state index in [1.807, 2.05) is 65.2 Å². The Kier molecular flexibility index (Phi) is 11.7. The Labute approximate surface area is 314 Å². The highest BCUT2D eigenvalue weighted by molar-refractivity contribution is 8.01. The lowest BCUT2D eigenvalue weighted by molar-refractivity contribution is -0.114. The van der Waals surface area contributed by atoms with Gasteiger partial charge >= 0.3 is 0 Å². The molecule has 0 aliphatic carbocycles. The summed E-state index contributed by atoms with van der Waals surface area (Å²) in [6.45, 7) is 6.74. The fourth-order valence-electron chi connectivity index (χ4n) is 5.12. The number of ether oxygens (including phenoxy) is 3. The predicted octanol–water partition coefficient (Wildman–Crippen LogP) is 8.23. The lowest BCUT2D eigenvalue weighted by Crippen LogP contribution is -2.14. The van der Waals surface area contributed by atoms with Crippen molar-refractivity contribution in [3.63, 3.8) is 0 Å². The molecule has 0 aliphatic rings. The lowest BCUT2D eigenvalue weighted by atomic mass is 9.87. The number of aromatic nitrogens is 4. The van der Waals surface area contributed by atoms with E-state index in [4.69, 9.17) is 14.2 Å². The molecule has 0 unspecified atom stereocenters. The molecule has 2 aromatic heterocycles. The molecule has 14 heteroatoms. The third kappa shape index (κ3) is 9.24. The number of amides is 2. The SMILES string of the molecule is COc1ccc(OC)c(NC(=O)CSc2nc3ccc(NC(=O)CSc4nnc(COc5ccc(C(C)(C)C)cc5)n4-c4ccccc4)cc3s2)c1. The van der Waals surface area contributed by atoms with Crippen molar-refractivity contribution < 1.29 is 23.8 Å². The Balaban J connectivity index is 1.06. The van der Waals surface area contributed by atoms with Crippen LogP contribution in [-0.2, 0) is 21.6 Å². The van der Waals surface area contributed by atoms with Gasteiger partial charge in [0.05, 0.1) is 41.6 Å². The minimum Gasteiger partial charge on any atom is -0.497 e. The van der Waals surface area contributed by atoms with Gasteiger partial charge in [0.1, 0.15) is 23.9 Å². The normalized spacial score (nSPS) is 11.3. The van der Waals surface area contributed by atoms with E-state index < -0.39 is 0 Å². The van der Waals surface area contributed by atoms with Gasteiger partial charge in [0.15, 0.2) is 15.3 Å². The van der Waals surface area contributed by atoms with Gasteiger partial charge in [0, 0.05) is 17.4 Å². The van der Waals surface area contributed by atoms with Crippen LogP contribution < -0.4 is 24.8 Å². The molecular weight excluding hydrogens is 717 g/mol. The summed E-state index contributed by atoms with van der Waals surface area (Å²) in [6, 6.07) is 28.6. The first kappa shape index (κ1) is 36.7. The second kappa shape index (κ2) is 16.5. The summed E-state index contributed by atoms with van der Waals surface area (Å²) in [4.78, 5) is 30.5. The minimum absolute atomic E-state index is 0.0528. The van der Waals surface area contributed by atoms with E-state index in [1.54, 1.807) is 32.4 Å². The Hall–Kier alpha value is -5.05. The van der Waals surface area contributed by atoms with Crippen LogP contribution in [0.1, 0.15) is 32.2 Å². The van der Waals surface area contributed by atoms with Gasteiger partial charge in [0.25, 0.3) is 0 Å². The molecule has 0 saturated heterocycles. The molecule has 268 valence electrons. The first-order valence-electron chi connectivity index (χ1n) is 16.3. The van der Waals surface area contributed by atoms with Gasteiger partial charge in [-0.2, -0.15) is 0 Å². The van der Waals surface area contributed by atoms with Crippen molar-refractivity contribution in [2.75, 3.05) is 36.4 Å². The zero-order valence-corrected chi connectivity index (χ0v) is 31.8. The van der Waals surface area contributed by atoms with Crippen LogP contribution in [0.3, 0.4) is 0 Å². The first-order chi connectivity index (χ1) is 25.1. The maximum Gasteiger partial charge on any atom is 0.234 e. The number of fused-ring (bicyclic) bond motifs is 1. The number of hydrogen-bond acceptors (Lipinski definition) is 11. The summed E-state index contributed by atoms with van der Waals surface area (Å²) in [5.74, 6) is 2.41. The Bertz CT molecular complexity index is 2160. The van der Waals surface area contributed by atoms with E-state index in [0.29, 0.717) is 33.9 Å². The van der Waals surface area contributed by atoms with E-state index >= 15 is 0 Å². The van der Waals surface area contributed by atoms with Gasteiger partial charge in [-0.05, 0) is 65.6 Å². The van der Waals surface area contributed by atoms with Crippen LogP contribution in [0.5, 0.6) is 17.2 Å². The van der Waals surface area contributed by atoms with Crippen LogP contribution in [0.2, 0.25) is 0 Å². The number of carbonyl (C=O) groups excluding carboxylic acids is 2. The van der Waals surface area contributed by atoms with Gasteiger partial charge in [-0.1, -0.05) is 74.6 Å². The molecule has 2 amide bonds. The second-order valence-corrected chi connectivity index (χ2v) is 15.7. The van der Waals surface area contributed by atoms with E-state index in [9.17, 15) is 9.59 Å². The van der Waals surface area contributed by atoms with Crippen molar-refractivity contribution in [1.29, 1.82) is 0 Å². The number of anilines is 2. The molecule has 6 aromatic rings. The number of thioether (sulfide) groups is 2. The van der Waals surface area contributed by atoms with Gasteiger partial charge in [-0.25, -0.2) is 4.98 Å². The average molecular weight is 755 g/mol. The van der Waals surface area contributed by atoms with Crippen LogP contribution >= 0.6 is 34.9 Å². The highest BCUT2D eigenvalue weighted by atomic mass is 32.2. The number of nitrogens with zero attached hydrogens (tertiary/aromatic N) is 4. The molecule has 4 aromatic carbocycles. The third-order valence-corrected chi connectivity index (χ3v) is 10.9. The van der Waals surface area contributed by atoms with Crippen LogP contribution in [0.25, 0.3) is 15.9 Å². The quantitative estimate of drug-likeness (QED) is 0.105. The summed E-state index contributed by atoms with van der Waals surface area (Å²) in [5.41, 5.74) is 4.12. The average Bonchev–Trinajstić information content (AvgIpc) is 3.75. The summed E-state index contributed by atoms with van der Waals surface area (Å²) < 4.78 is 20.3. The van der Waals surface area contributed by atoms with Crippen LogP contribution in [-0.4, -0.2) is 57.3 Å². The molecule has 0 saturated carbocycles. The van der Waals surface area contributed by atoms with Crippen molar-refractivity contribution in [2.45, 2.75) is 42.3 Å². The summed E-state index contributed by atoms with van der Waals surface area (Å²) in [6.07, 6.45) is 0. The first-order valence-corrected chi connectivity index (χ1v) is 19.1. The largest absolute Gasteiger partial charge is 0.497 e. The molecule has 0 atom stereocenters. The Morgan fingerprint density at radius 1 is 0.808 bits per heavy atom. The fraction of sp³-hybridized carbons (Fsp3) is 0.237. The second-order valence-electron chi connectivity index (χ2n) is 12.5. The van der Waals surface area contributed by atoms with Gasteiger partial charge < -0.3 is 24.8 Å². The van der Waals surface area contributed by atoms with Crippen molar-refractivity contribution in [3.05, 3.63) is 102 Å². The maximum absolute atomic E-state index is 13.1. The fourth-order valence-corrected chi connectivity index (χ4v) is 7.80. The molecule has 11 nitrogen and oxygen atoms in total. The van der Waals surface area contributed by atoms with Crippen molar-refractivity contribution >= 4 is 68.3 Å². The number of nitrogens with one attached hydrogen (secondary N) is 2. The molecular formula is C38H38N6O5S3. The standard InChI is InChI=1S/C38H38N6O5S3/c1-38(2,3)24-11-14-27(15-12-24)49-21-33-42-43-36(44(33)26-9-7-6-8-10-26)50-22-34(45)39-25-13-17-29-32(19-25)52-37(41-29)51-23-35(46)40-30-20-28(47-4)16-18-31(30)48-5/h6-20H,21-23H2,1-5H3,(H,39,45)(H,40,46). The molecule has 2 heterocycles. The molecule has 6 rings (SSSR count). The van der Waals surface area contributed by atoms with Crippen LogP contribution in [0, 0.1) is 0 Å². The van der Waals surface area contributed by atoms with E-state index in [-0.39, 0.29) is 35.3 Å². The number of methoxy groups -OCH3 is 2. The van der Waals surface area contributed by atoms with Gasteiger partial charge in [0.2, 0.25) is 11.8 Å². The molecule has 0 bridgehead atoms. The number of rotatable bonds is 14. The summed E-state index contributed by atoms with van der Waals surface area (Å²) in [5, 5.41) is 15.3. The third-order valence-electron chi connectivity index (χ3n) is 7.80. The zero-order valence-electron chi connectivity index (χ0n) is 29.3. The molecule has 52 heavy (non-hydrogen) atoms. The van der Waals surface area contributed by atoms with E-state index in [2.05, 4.69) is 58.7 Å². The number of hydrogen-bond donors (Lipinski definition) is 2. The number of carbonyl (C=O) groups is 2. The van der Waals surface area contributed by atoms with Crippen molar-refractivity contribution in [1.82, 2.24) is 19.7 Å². The molecule has 0 spiro atoms. The monoisotopic (exact) mass is 754 g/mol. The smallest absolute Gasteiger partial charge is 0.234 e. The van der Waals surface area contributed by atoms with E-state index in [1.165, 1.54) is 40.4 Å². The summed E-state index contributed by atoms with van der Waals surface area (Å²) >= 11 is 4.08. The predicted molar refractivity (Wildman–Crippen MR) is 209 cm³/mol. The van der Waals surface area contributed by atoms with Crippen LogP contribution in [0.15, 0.2) is 100 Å². The number of benzene rings is 4. The van der Waals surface area contributed by atoms with Crippen molar-refractivity contribution in [3.8, 4) is 22.9 Å². The van der Waals surface area contributed by atoms with Crippen LogP contribution in [0.4, 0.5) is 11.4 Å².